The van der Waals surface area contributed by atoms with Gasteiger partial charge < -0.3 is 10.0 Å². The number of fused-ring (bicyclic) bond motifs is 1. The number of halogens is 1. The molecule has 1 aliphatic carbocycles. The van der Waals surface area contributed by atoms with E-state index in [-0.39, 0.29) is 11.8 Å². The fourth-order valence-corrected chi connectivity index (χ4v) is 4.38. The van der Waals surface area contributed by atoms with Gasteiger partial charge in [0.1, 0.15) is 6.04 Å². The van der Waals surface area contributed by atoms with Crippen LogP contribution in [0.15, 0.2) is 22.7 Å². The van der Waals surface area contributed by atoms with E-state index in [1.54, 1.807) is 4.90 Å². The second kappa shape index (κ2) is 6.63. The fraction of sp³-hybridized carbons (Fsp3) is 0.556. The lowest BCUT2D eigenvalue weighted by Gasteiger charge is -2.24. The van der Waals surface area contributed by atoms with E-state index in [9.17, 15) is 14.7 Å². The van der Waals surface area contributed by atoms with Crippen LogP contribution in [0, 0.1) is 18.8 Å². The Morgan fingerprint density at radius 2 is 2.13 bits per heavy atom. The Bertz CT molecular complexity index is 631. The van der Waals surface area contributed by atoms with Gasteiger partial charge in [-0.2, -0.15) is 0 Å². The summed E-state index contributed by atoms with van der Waals surface area (Å²) in [6.07, 6.45) is 4.14. The number of carboxylic acids is 1. The van der Waals surface area contributed by atoms with E-state index in [1.807, 2.05) is 19.1 Å². The molecule has 23 heavy (non-hydrogen) atoms. The quantitative estimate of drug-likeness (QED) is 0.871. The maximum atomic E-state index is 12.6. The molecule has 1 amide bonds. The second-order valence-electron chi connectivity index (χ2n) is 6.77. The zero-order chi connectivity index (χ0) is 16.6. The van der Waals surface area contributed by atoms with E-state index in [0.29, 0.717) is 25.3 Å². The molecule has 2 fully saturated rings. The number of rotatable bonds is 4. The fourth-order valence-electron chi connectivity index (χ4n) is 4.14. The molecule has 1 aromatic rings. The number of carbonyl (C=O) groups excluding carboxylic acids is 1. The van der Waals surface area contributed by atoms with Gasteiger partial charge in [0.25, 0.3) is 0 Å². The van der Waals surface area contributed by atoms with Crippen molar-refractivity contribution in [1.29, 1.82) is 0 Å². The number of benzene rings is 1. The molecule has 124 valence electrons. The smallest absolute Gasteiger partial charge is 0.326 e. The highest BCUT2D eigenvalue weighted by Crippen LogP contribution is 2.42. The Hall–Kier alpha value is -1.36. The lowest BCUT2D eigenvalue weighted by Crippen LogP contribution is -2.43. The van der Waals surface area contributed by atoms with E-state index in [1.165, 1.54) is 0 Å². The summed E-state index contributed by atoms with van der Waals surface area (Å²) < 4.78 is 1.06. The molecular weight excluding hydrogens is 358 g/mol. The first kappa shape index (κ1) is 16.5. The molecule has 1 heterocycles. The zero-order valence-corrected chi connectivity index (χ0v) is 14.9. The van der Waals surface area contributed by atoms with Crippen LogP contribution in [0.4, 0.5) is 0 Å². The molecule has 1 N–H and O–H groups in total. The van der Waals surface area contributed by atoms with Crippen LogP contribution >= 0.6 is 15.9 Å². The Balaban J connectivity index is 1.65. The molecule has 3 unspecified atom stereocenters. The molecule has 0 aromatic heterocycles. The van der Waals surface area contributed by atoms with Crippen molar-refractivity contribution in [2.24, 2.45) is 11.8 Å². The van der Waals surface area contributed by atoms with Crippen LogP contribution < -0.4 is 0 Å². The van der Waals surface area contributed by atoms with Gasteiger partial charge in [-0.25, -0.2) is 4.79 Å². The largest absolute Gasteiger partial charge is 0.480 e. The summed E-state index contributed by atoms with van der Waals surface area (Å²) in [7, 11) is 0. The highest BCUT2D eigenvalue weighted by Gasteiger charge is 2.49. The standard InChI is InChI=1S/C18H22BrNO3/c1-11-9-12(5-7-15(11)19)6-8-16(21)20-10-13-3-2-4-14(13)17(20)18(22)23/h5,7,9,13-14,17H,2-4,6,8,10H2,1H3,(H,22,23). The van der Waals surface area contributed by atoms with Crippen molar-refractivity contribution in [1.82, 2.24) is 4.90 Å². The molecule has 2 aliphatic rings. The van der Waals surface area contributed by atoms with E-state index >= 15 is 0 Å². The van der Waals surface area contributed by atoms with Gasteiger partial charge in [0.2, 0.25) is 5.91 Å². The van der Waals surface area contributed by atoms with Gasteiger partial charge in [0, 0.05) is 17.4 Å². The first-order valence-electron chi connectivity index (χ1n) is 8.24. The predicted molar refractivity (Wildman–Crippen MR) is 91.2 cm³/mol. The average molecular weight is 380 g/mol. The van der Waals surface area contributed by atoms with Gasteiger partial charge in [-0.3, -0.25) is 4.79 Å². The lowest BCUT2D eigenvalue weighted by atomic mass is 9.94. The number of nitrogens with zero attached hydrogens (tertiary/aromatic N) is 1. The van der Waals surface area contributed by atoms with Gasteiger partial charge in [-0.05, 0) is 55.2 Å². The Labute approximate surface area is 145 Å². The Kier molecular flexibility index (Phi) is 4.76. The van der Waals surface area contributed by atoms with Crippen molar-refractivity contribution in [2.75, 3.05) is 6.54 Å². The highest BCUT2D eigenvalue weighted by atomic mass is 79.9. The summed E-state index contributed by atoms with van der Waals surface area (Å²) in [5, 5.41) is 9.53. The minimum absolute atomic E-state index is 0.0210. The summed E-state index contributed by atoms with van der Waals surface area (Å²) in [6.45, 7) is 2.65. The first-order chi connectivity index (χ1) is 11.0. The maximum Gasteiger partial charge on any atom is 0.326 e. The molecule has 0 spiro atoms. The molecule has 1 saturated carbocycles. The van der Waals surface area contributed by atoms with Crippen molar-refractivity contribution in [3.8, 4) is 0 Å². The summed E-state index contributed by atoms with van der Waals surface area (Å²) in [5.41, 5.74) is 2.26. The maximum absolute atomic E-state index is 12.6. The van der Waals surface area contributed by atoms with Gasteiger partial charge >= 0.3 is 5.97 Å². The van der Waals surface area contributed by atoms with Crippen molar-refractivity contribution < 1.29 is 14.7 Å². The number of likely N-dealkylation sites (tertiary alicyclic amines) is 1. The normalized spacial score (nSPS) is 26.3. The van der Waals surface area contributed by atoms with Gasteiger partial charge in [-0.15, -0.1) is 0 Å². The molecule has 5 heteroatoms. The van der Waals surface area contributed by atoms with Crippen LogP contribution in [0.1, 0.15) is 36.8 Å². The number of amides is 1. The third-order valence-electron chi connectivity index (χ3n) is 5.31. The number of hydrogen-bond donors (Lipinski definition) is 1. The van der Waals surface area contributed by atoms with Crippen molar-refractivity contribution in [3.05, 3.63) is 33.8 Å². The molecule has 0 radical (unpaired) electrons. The van der Waals surface area contributed by atoms with Gasteiger partial charge in [0.15, 0.2) is 0 Å². The summed E-state index contributed by atoms with van der Waals surface area (Å²) >= 11 is 3.47. The van der Waals surface area contributed by atoms with Crippen LogP contribution in [0.5, 0.6) is 0 Å². The summed E-state index contributed by atoms with van der Waals surface area (Å²) in [6, 6.07) is 5.47. The van der Waals surface area contributed by atoms with E-state index in [2.05, 4.69) is 22.0 Å². The highest BCUT2D eigenvalue weighted by molar-refractivity contribution is 9.10. The van der Waals surface area contributed by atoms with Crippen LogP contribution in [0.25, 0.3) is 0 Å². The molecule has 4 nitrogen and oxygen atoms in total. The SMILES string of the molecule is Cc1cc(CCC(=O)N2CC3CCCC3C2C(=O)O)ccc1Br. The van der Waals surface area contributed by atoms with Crippen molar-refractivity contribution >= 4 is 27.8 Å². The molecule has 1 aromatic carbocycles. The van der Waals surface area contributed by atoms with Crippen molar-refractivity contribution in [2.45, 2.75) is 45.1 Å². The third-order valence-corrected chi connectivity index (χ3v) is 6.20. The number of carboxylic acid groups (broad SMARTS) is 1. The Morgan fingerprint density at radius 1 is 1.35 bits per heavy atom. The van der Waals surface area contributed by atoms with E-state index in [4.69, 9.17) is 0 Å². The summed E-state index contributed by atoms with van der Waals surface area (Å²) in [5.74, 6) is -0.319. The Morgan fingerprint density at radius 3 is 2.83 bits per heavy atom. The predicted octanol–water partition coefficient (Wildman–Crippen LogP) is 3.40. The topological polar surface area (TPSA) is 57.6 Å². The third kappa shape index (κ3) is 3.30. The lowest BCUT2D eigenvalue weighted by molar-refractivity contribution is -0.149. The number of aryl methyl sites for hydroxylation is 2. The van der Waals surface area contributed by atoms with Gasteiger partial charge in [0.05, 0.1) is 0 Å². The molecule has 1 aliphatic heterocycles. The molecule has 3 atom stereocenters. The van der Waals surface area contributed by atoms with Crippen LogP contribution in [0.3, 0.4) is 0 Å². The minimum atomic E-state index is -0.841. The molecule has 0 bridgehead atoms. The van der Waals surface area contributed by atoms with Crippen LogP contribution in [0.2, 0.25) is 0 Å². The molecule has 1 saturated heterocycles. The second-order valence-corrected chi connectivity index (χ2v) is 7.62. The van der Waals surface area contributed by atoms with E-state index < -0.39 is 12.0 Å². The first-order valence-corrected chi connectivity index (χ1v) is 9.04. The number of carbonyl (C=O) groups is 2. The number of hydrogen-bond acceptors (Lipinski definition) is 2. The molecular formula is C18H22BrNO3. The molecule has 3 rings (SSSR count). The monoisotopic (exact) mass is 379 g/mol. The number of aliphatic carboxylic acids is 1. The van der Waals surface area contributed by atoms with E-state index in [0.717, 1.165) is 34.9 Å². The van der Waals surface area contributed by atoms with Gasteiger partial charge in [-0.1, -0.05) is 34.5 Å². The minimum Gasteiger partial charge on any atom is -0.480 e. The zero-order valence-electron chi connectivity index (χ0n) is 13.3. The summed E-state index contributed by atoms with van der Waals surface area (Å²) in [4.78, 5) is 25.8. The van der Waals surface area contributed by atoms with Crippen LogP contribution in [-0.2, 0) is 16.0 Å². The van der Waals surface area contributed by atoms with Crippen molar-refractivity contribution in [3.63, 3.8) is 0 Å². The average Bonchev–Trinajstić information content (AvgIpc) is 3.08. The van der Waals surface area contributed by atoms with Crippen LogP contribution in [-0.4, -0.2) is 34.5 Å².